The van der Waals surface area contributed by atoms with Crippen LogP contribution in [0.1, 0.15) is 49.3 Å². The number of rotatable bonds is 5. The number of fused-ring (bicyclic) bond motifs is 1. The number of methoxy groups -OCH3 is 1. The molecule has 1 aromatic heterocycles. The molecule has 0 saturated carbocycles. The zero-order chi connectivity index (χ0) is 25.5. The second-order valence-electron chi connectivity index (χ2n) is 7.61. The van der Waals surface area contributed by atoms with Gasteiger partial charge in [0.25, 0.3) is 11.8 Å². The van der Waals surface area contributed by atoms with Crippen molar-refractivity contribution in [1.29, 1.82) is 0 Å². The van der Waals surface area contributed by atoms with Crippen molar-refractivity contribution < 1.29 is 36.3 Å². The van der Waals surface area contributed by atoms with E-state index in [-0.39, 0.29) is 45.9 Å². The van der Waals surface area contributed by atoms with Gasteiger partial charge >= 0.3 is 6.18 Å². The number of carbonyl (C=O) groups excluding carboxylic acids is 2. The molecule has 2 heterocycles. The number of carbonyl (C=O) groups is 2. The minimum Gasteiger partial charge on any atom is -0.378 e. The van der Waals surface area contributed by atoms with Crippen molar-refractivity contribution in [2.24, 2.45) is 0 Å². The number of benzene rings is 2. The molecule has 0 unspecified atom stereocenters. The van der Waals surface area contributed by atoms with Crippen molar-refractivity contribution in [2.45, 2.75) is 18.8 Å². The van der Waals surface area contributed by atoms with Crippen molar-refractivity contribution in [1.82, 2.24) is 10.3 Å². The molecule has 2 N–H and O–H groups in total. The minimum atomic E-state index is -4.88. The van der Waals surface area contributed by atoms with Crippen molar-refractivity contribution in [3.05, 3.63) is 92.8 Å². The highest BCUT2D eigenvalue weighted by Crippen LogP contribution is 2.39. The fourth-order valence-electron chi connectivity index (χ4n) is 3.72. The maximum atomic E-state index is 13.9. The van der Waals surface area contributed by atoms with Gasteiger partial charge in [0.1, 0.15) is 17.3 Å². The molecule has 182 valence electrons. The number of hydrogen-bond donors (Lipinski definition) is 2. The Labute approximate surface area is 200 Å². The third-order valence-corrected chi connectivity index (χ3v) is 5.53. The first-order chi connectivity index (χ1) is 16.5. The second kappa shape index (κ2) is 9.23. The number of pyridine rings is 1. The summed E-state index contributed by atoms with van der Waals surface area (Å²) >= 11 is 6.21. The van der Waals surface area contributed by atoms with Gasteiger partial charge in [-0.3, -0.25) is 9.59 Å². The standard InChI is InChI=1S/C23H15ClF5N3O3/c1-35-9-14-8-17(31-21(33)10-4-11(23(27,28)29)6-13(26)5-10)18-19(32-22(34)20(18)30-14)15-7-12(25)2-3-16(15)24/h2-8,19H,9H2,1H3,(H,32,34)(H,30,31,33)/t19-/m1/s1. The molecule has 0 spiro atoms. The minimum absolute atomic E-state index is 0.0199. The highest BCUT2D eigenvalue weighted by molar-refractivity contribution is 6.31. The first-order valence-corrected chi connectivity index (χ1v) is 10.3. The van der Waals surface area contributed by atoms with Crippen LogP contribution in [0.25, 0.3) is 0 Å². The third kappa shape index (κ3) is 4.96. The van der Waals surface area contributed by atoms with E-state index < -0.39 is 46.8 Å². The summed E-state index contributed by atoms with van der Waals surface area (Å²) in [6, 6.07) is 5.23. The molecule has 1 aliphatic rings. The summed E-state index contributed by atoms with van der Waals surface area (Å²) in [5, 5.41) is 5.14. The van der Waals surface area contributed by atoms with Gasteiger partial charge in [0.05, 0.1) is 29.6 Å². The lowest BCUT2D eigenvalue weighted by atomic mass is 9.98. The van der Waals surface area contributed by atoms with E-state index in [4.69, 9.17) is 16.3 Å². The number of aromatic nitrogens is 1. The Hall–Kier alpha value is -3.57. The summed E-state index contributed by atoms with van der Waals surface area (Å²) in [6.07, 6.45) is -4.88. The zero-order valence-electron chi connectivity index (χ0n) is 17.8. The van der Waals surface area contributed by atoms with Crippen molar-refractivity contribution in [2.75, 3.05) is 12.4 Å². The van der Waals surface area contributed by atoms with Crippen LogP contribution in [0.15, 0.2) is 42.5 Å². The smallest absolute Gasteiger partial charge is 0.378 e. The predicted molar refractivity (Wildman–Crippen MR) is 115 cm³/mol. The van der Waals surface area contributed by atoms with Gasteiger partial charge in [-0.15, -0.1) is 0 Å². The van der Waals surface area contributed by atoms with Crippen LogP contribution in [0.2, 0.25) is 5.02 Å². The largest absolute Gasteiger partial charge is 0.416 e. The lowest BCUT2D eigenvalue weighted by Crippen LogP contribution is -2.21. The van der Waals surface area contributed by atoms with Gasteiger partial charge in [0, 0.05) is 28.8 Å². The Kier molecular flexibility index (Phi) is 6.48. The van der Waals surface area contributed by atoms with Crippen LogP contribution >= 0.6 is 11.6 Å². The van der Waals surface area contributed by atoms with E-state index >= 15 is 0 Å². The molecule has 1 atom stereocenters. The summed E-state index contributed by atoms with van der Waals surface area (Å²) in [4.78, 5) is 29.8. The number of amides is 2. The molecule has 1 aliphatic heterocycles. The number of halogens is 6. The molecule has 35 heavy (non-hydrogen) atoms. The Morgan fingerprint density at radius 2 is 1.89 bits per heavy atom. The molecule has 2 aromatic carbocycles. The number of ether oxygens (including phenoxy) is 1. The van der Waals surface area contributed by atoms with Gasteiger partial charge in [0.2, 0.25) is 0 Å². The predicted octanol–water partition coefficient (Wildman–Crippen LogP) is 5.26. The van der Waals surface area contributed by atoms with E-state index in [9.17, 15) is 31.5 Å². The average molecular weight is 512 g/mol. The SMILES string of the molecule is COCc1cc(NC(=O)c2cc(F)cc(C(F)(F)F)c2)c2c(n1)C(=O)N[C@@H]2c1cc(F)ccc1Cl. The summed E-state index contributed by atoms with van der Waals surface area (Å²) in [5.74, 6) is -3.62. The Balaban J connectivity index is 1.82. The van der Waals surface area contributed by atoms with Crippen LogP contribution in [0, 0.1) is 11.6 Å². The topological polar surface area (TPSA) is 80.3 Å². The maximum Gasteiger partial charge on any atom is 0.416 e. The molecule has 0 fully saturated rings. The monoisotopic (exact) mass is 511 g/mol. The summed E-state index contributed by atoms with van der Waals surface area (Å²) < 4.78 is 72.1. The molecular weight excluding hydrogens is 497 g/mol. The molecule has 0 bridgehead atoms. The molecular formula is C23H15ClF5N3O3. The van der Waals surface area contributed by atoms with E-state index in [1.165, 1.54) is 19.2 Å². The third-order valence-electron chi connectivity index (χ3n) is 5.19. The van der Waals surface area contributed by atoms with Gasteiger partial charge in [0.15, 0.2) is 0 Å². The highest BCUT2D eigenvalue weighted by Gasteiger charge is 2.37. The van der Waals surface area contributed by atoms with Crippen LogP contribution in [0.4, 0.5) is 27.6 Å². The lowest BCUT2D eigenvalue weighted by Gasteiger charge is -2.18. The molecule has 0 radical (unpaired) electrons. The number of nitrogens with zero attached hydrogens (tertiary/aromatic N) is 1. The number of alkyl halides is 3. The normalized spacial score (nSPS) is 15.1. The zero-order valence-corrected chi connectivity index (χ0v) is 18.5. The molecule has 2 amide bonds. The summed E-state index contributed by atoms with van der Waals surface area (Å²) in [6.45, 7) is -0.0625. The molecule has 0 aliphatic carbocycles. The average Bonchev–Trinajstić information content (AvgIpc) is 3.11. The number of nitrogens with one attached hydrogen (secondary N) is 2. The van der Waals surface area contributed by atoms with E-state index in [0.717, 1.165) is 12.1 Å². The van der Waals surface area contributed by atoms with E-state index in [2.05, 4.69) is 15.6 Å². The summed E-state index contributed by atoms with van der Waals surface area (Å²) in [7, 11) is 1.37. The number of hydrogen-bond acceptors (Lipinski definition) is 4. The van der Waals surface area contributed by atoms with Crippen molar-refractivity contribution in [3.63, 3.8) is 0 Å². The lowest BCUT2D eigenvalue weighted by molar-refractivity contribution is -0.137. The fourth-order valence-corrected chi connectivity index (χ4v) is 3.94. The molecule has 0 saturated heterocycles. The highest BCUT2D eigenvalue weighted by atomic mass is 35.5. The second-order valence-corrected chi connectivity index (χ2v) is 8.02. The molecule has 4 rings (SSSR count). The fraction of sp³-hybridized carbons (Fsp3) is 0.174. The number of anilines is 1. The Bertz CT molecular complexity index is 1350. The van der Waals surface area contributed by atoms with Gasteiger partial charge in [-0.25, -0.2) is 13.8 Å². The summed E-state index contributed by atoms with van der Waals surface area (Å²) in [5.41, 5.74) is -1.58. The molecule has 3 aromatic rings. The molecule has 6 nitrogen and oxygen atoms in total. The van der Waals surface area contributed by atoms with Crippen molar-refractivity contribution in [3.8, 4) is 0 Å². The van der Waals surface area contributed by atoms with Crippen molar-refractivity contribution >= 4 is 29.1 Å². The first-order valence-electron chi connectivity index (χ1n) is 9.95. The van der Waals surface area contributed by atoms with E-state index in [0.29, 0.717) is 12.1 Å². The quantitative estimate of drug-likeness (QED) is 0.458. The van der Waals surface area contributed by atoms with E-state index in [1.54, 1.807) is 0 Å². The Morgan fingerprint density at radius 3 is 2.57 bits per heavy atom. The van der Waals surface area contributed by atoms with Gasteiger partial charge in [-0.2, -0.15) is 13.2 Å². The van der Waals surface area contributed by atoms with Crippen LogP contribution in [0.3, 0.4) is 0 Å². The van der Waals surface area contributed by atoms with Gasteiger partial charge in [-0.1, -0.05) is 11.6 Å². The van der Waals surface area contributed by atoms with Gasteiger partial charge < -0.3 is 15.4 Å². The van der Waals surface area contributed by atoms with E-state index in [1.807, 2.05) is 0 Å². The van der Waals surface area contributed by atoms with Crippen LogP contribution in [-0.4, -0.2) is 23.9 Å². The molecule has 12 heteroatoms. The maximum absolute atomic E-state index is 13.9. The van der Waals surface area contributed by atoms with Gasteiger partial charge in [-0.05, 0) is 42.5 Å². The van der Waals surface area contributed by atoms with Crippen LogP contribution in [-0.2, 0) is 17.5 Å². The van der Waals surface area contributed by atoms with Crippen LogP contribution in [0.5, 0.6) is 0 Å². The Morgan fingerprint density at radius 1 is 1.14 bits per heavy atom. The van der Waals surface area contributed by atoms with Crippen LogP contribution < -0.4 is 10.6 Å². The first kappa shape index (κ1) is 24.6.